The molecular formula is C53H33N3S. The Morgan fingerprint density at radius 2 is 0.807 bits per heavy atom. The molecule has 3 nitrogen and oxygen atoms in total. The molecule has 11 aromatic rings. The summed E-state index contributed by atoms with van der Waals surface area (Å²) in [6.45, 7) is 0. The summed E-state index contributed by atoms with van der Waals surface area (Å²) in [5, 5.41) is 7.16. The van der Waals surface area contributed by atoms with Gasteiger partial charge in [-0.05, 0) is 79.2 Å². The molecule has 0 saturated heterocycles. The van der Waals surface area contributed by atoms with E-state index in [1.807, 2.05) is 0 Å². The van der Waals surface area contributed by atoms with E-state index in [0.29, 0.717) is 17.5 Å². The van der Waals surface area contributed by atoms with Crippen molar-refractivity contribution in [2.45, 2.75) is 0 Å². The maximum Gasteiger partial charge on any atom is 0.165 e. The molecule has 4 heteroatoms. The van der Waals surface area contributed by atoms with Gasteiger partial charge in [-0.2, -0.15) is 0 Å². The molecule has 0 aliphatic carbocycles. The van der Waals surface area contributed by atoms with E-state index in [9.17, 15) is 0 Å². The number of hydrogen-bond donors (Lipinski definition) is 0. The summed E-state index contributed by atoms with van der Waals surface area (Å²) in [5.41, 5.74) is 9.97. The predicted octanol–water partition coefficient (Wildman–Crippen LogP) is 14.5. The van der Waals surface area contributed by atoms with Crippen LogP contribution in [-0.4, -0.2) is 15.0 Å². The molecule has 266 valence electrons. The summed E-state index contributed by atoms with van der Waals surface area (Å²) in [6.07, 6.45) is 0. The lowest BCUT2D eigenvalue weighted by atomic mass is 9.93. The fourth-order valence-electron chi connectivity index (χ4n) is 8.07. The maximum absolute atomic E-state index is 5.30. The molecule has 0 fully saturated rings. The fourth-order valence-corrected chi connectivity index (χ4v) is 9.28. The molecule has 57 heavy (non-hydrogen) atoms. The summed E-state index contributed by atoms with van der Waals surface area (Å²) in [4.78, 5) is 15.8. The summed E-state index contributed by atoms with van der Waals surface area (Å²) in [7, 11) is 0. The lowest BCUT2D eigenvalue weighted by molar-refractivity contribution is 1.08. The molecule has 0 spiro atoms. The minimum absolute atomic E-state index is 0.642. The van der Waals surface area contributed by atoms with Gasteiger partial charge < -0.3 is 0 Å². The predicted molar refractivity (Wildman–Crippen MR) is 240 cm³/mol. The van der Waals surface area contributed by atoms with Crippen molar-refractivity contribution in [1.29, 1.82) is 0 Å². The van der Waals surface area contributed by atoms with Crippen LogP contribution in [0.4, 0.5) is 0 Å². The molecule has 9 aromatic carbocycles. The smallest absolute Gasteiger partial charge is 0.165 e. The van der Waals surface area contributed by atoms with Gasteiger partial charge in [-0.1, -0.05) is 176 Å². The molecule has 0 unspecified atom stereocenters. The van der Waals surface area contributed by atoms with Gasteiger partial charge in [-0.25, -0.2) is 15.0 Å². The van der Waals surface area contributed by atoms with E-state index in [0.717, 1.165) is 38.6 Å². The standard InChI is InChI=1S/C53H33N3S/c1-2-11-34(12-3-1)36-21-26-38(27-22-36)42-31-32-47(44-16-7-6-15-43(42)44)52-54-51(39-28-23-37(24-29-39)41-30-25-35-13-4-5-14-40(35)33-41)55-53(56-52)48-19-10-18-46-45-17-8-9-20-49(45)57-50(46)48/h1-33H. The van der Waals surface area contributed by atoms with E-state index in [4.69, 9.17) is 15.0 Å². The lowest BCUT2D eigenvalue weighted by Gasteiger charge is -2.14. The number of nitrogens with zero attached hydrogens (tertiary/aromatic N) is 3. The Bertz CT molecular complexity index is 3280. The molecule has 0 bridgehead atoms. The van der Waals surface area contributed by atoms with Crippen molar-refractivity contribution in [2.24, 2.45) is 0 Å². The van der Waals surface area contributed by atoms with Crippen molar-refractivity contribution in [1.82, 2.24) is 15.0 Å². The van der Waals surface area contributed by atoms with Gasteiger partial charge in [0.1, 0.15) is 0 Å². The van der Waals surface area contributed by atoms with Crippen molar-refractivity contribution in [3.8, 4) is 67.5 Å². The first-order chi connectivity index (χ1) is 28.2. The molecule has 0 aliphatic heterocycles. The SMILES string of the molecule is c1ccc(-c2ccc(-c3ccc(-c4nc(-c5ccc(-c6ccc7ccccc7c6)cc5)nc(-c5cccc6c5sc5ccccc56)n4)c4ccccc34)cc2)cc1. The zero-order valence-electron chi connectivity index (χ0n) is 30.8. The summed E-state index contributed by atoms with van der Waals surface area (Å²) in [6, 6.07) is 71.1. The van der Waals surface area contributed by atoms with Gasteiger partial charge in [0.25, 0.3) is 0 Å². The highest BCUT2D eigenvalue weighted by Crippen LogP contribution is 2.41. The Morgan fingerprint density at radius 1 is 0.281 bits per heavy atom. The quantitative estimate of drug-likeness (QED) is 0.170. The topological polar surface area (TPSA) is 38.7 Å². The van der Waals surface area contributed by atoms with Crippen LogP contribution >= 0.6 is 11.3 Å². The third-order valence-corrected chi connectivity index (χ3v) is 12.2. The van der Waals surface area contributed by atoms with Gasteiger partial charge in [0.15, 0.2) is 17.5 Å². The largest absolute Gasteiger partial charge is 0.208 e. The number of fused-ring (bicyclic) bond motifs is 5. The molecule has 0 amide bonds. The van der Waals surface area contributed by atoms with Crippen molar-refractivity contribution in [2.75, 3.05) is 0 Å². The van der Waals surface area contributed by atoms with Crippen molar-refractivity contribution < 1.29 is 0 Å². The third-order valence-electron chi connectivity index (χ3n) is 11.0. The van der Waals surface area contributed by atoms with Gasteiger partial charge in [0.05, 0.1) is 0 Å². The molecule has 0 atom stereocenters. The highest BCUT2D eigenvalue weighted by Gasteiger charge is 2.19. The number of benzene rings is 9. The Kier molecular flexibility index (Phi) is 8.01. The first-order valence-electron chi connectivity index (χ1n) is 19.2. The molecule has 2 heterocycles. The van der Waals surface area contributed by atoms with E-state index in [2.05, 4.69) is 200 Å². The molecule has 0 saturated carbocycles. The molecular weight excluding hydrogens is 711 g/mol. The first-order valence-corrected chi connectivity index (χ1v) is 20.0. The van der Waals surface area contributed by atoms with Crippen molar-refractivity contribution in [3.05, 3.63) is 200 Å². The summed E-state index contributed by atoms with van der Waals surface area (Å²) >= 11 is 1.79. The summed E-state index contributed by atoms with van der Waals surface area (Å²) in [5.74, 6) is 1.95. The van der Waals surface area contributed by atoms with Crippen LogP contribution in [-0.2, 0) is 0 Å². The average molecular weight is 744 g/mol. The second kappa shape index (κ2) is 13.8. The zero-order valence-corrected chi connectivity index (χ0v) is 31.6. The Labute approximate surface area is 334 Å². The lowest BCUT2D eigenvalue weighted by Crippen LogP contribution is -2.01. The van der Waals surface area contributed by atoms with E-state index in [-0.39, 0.29) is 0 Å². The van der Waals surface area contributed by atoms with Crippen LogP contribution in [0.1, 0.15) is 0 Å². The fraction of sp³-hybridized carbons (Fsp3) is 0. The van der Waals surface area contributed by atoms with Crippen LogP contribution in [0.25, 0.3) is 109 Å². The number of aromatic nitrogens is 3. The van der Waals surface area contributed by atoms with Crippen LogP contribution in [0.3, 0.4) is 0 Å². The van der Waals surface area contributed by atoms with Gasteiger partial charge in [0, 0.05) is 36.9 Å². The minimum atomic E-state index is 0.642. The average Bonchev–Trinajstić information content (AvgIpc) is 3.68. The van der Waals surface area contributed by atoms with E-state index in [1.165, 1.54) is 53.2 Å². The van der Waals surface area contributed by atoms with Crippen molar-refractivity contribution >= 4 is 53.1 Å². The molecule has 0 radical (unpaired) electrons. The monoisotopic (exact) mass is 743 g/mol. The number of thiophene rings is 1. The number of rotatable bonds is 6. The van der Waals surface area contributed by atoms with Gasteiger partial charge in [0.2, 0.25) is 0 Å². The first kappa shape index (κ1) is 33.1. The highest BCUT2D eigenvalue weighted by atomic mass is 32.1. The molecule has 2 aromatic heterocycles. The van der Waals surface area contributed by atoms with Crippen LogP contribution in [0.5, 0.6) is 0 Å². The third kappa shape index (κ3) is 5.95. The van der Waals surface area contributed by atoms with Crippen LogP contribution in [0.2, 0.25) is 0 Å². The second-order valence-corrected chi connectivity index (χ2v) is 15.4. The Balaban J connectivity index is 1.06. The minimum Gasteiger partial charge on any atom is -0.208 e. The van der Waals surface area contributed by atoms with Crippen LogP contribution < -0.4 is 0 Å². The second-order valence-electron chi connectivity index (χ2n) is 14.4. The van der Waals surface area contributed by atoms with E-state index < -0.39 is 0 Å². The van der Waals surface area contributed by atoms with Crippen LogP contribution in [0.15, 0.2) is 200 Å². The van der Waals surface area contributed by atoms with Crippen LogP contribution in [0, 0.1) is 0 Å². The van der Waals surface area contributed by atoms with Gasteiger partial charge in [-0.3, -0.25) is 0 Å². The van der Waals surface area contributed by atoms with Gasteiger partial charge in [-0.15, -0.1) is 11.3 Å². The van der Waals surface area contributed by atoms with E-state index >= 15 is 0 Å². The van der Waals surface area contributed by atoms with Crippen molar-refractivity contribution in [3.63, 3.8) is 0 Å². The van der Waals surface area contributed by atoms with Gasteiger partial charge >= 0.3 is 0 Å². The molecule has 11 rings (SSSR count). The zero-order chi connectivity index (χ0) is 37.7. The summed E-state index contributed by atoms with van der Waals surface area (Å²) < 4.78 is 2.42. The normalized spacial score (nSPS) is 11.5. The Morgan fingerprint density at radius 3 is 1.60 bits per heavy atom. The molecule has 0 N–H and O–H groups in total. The van der Waals surface area contributed by atoms with E-state index in [1.54, 1.807) is 11.3 Å². The highest BCUT2D eigenvalue weighted by molar-refractivity contribution is 7.26. The maximum atomic E-state index is 5.30. The molecule has 0 aliphatic rings. The number of hydrogen-bond acceptors (Lipinski definition) is 4. The Hall–Kier alpha value is -7.27.